The first kappa shape index (κ1) is 21.0. The number of alkyl halides is 1. The number of halogens is 1. The van der Waals surface area contributed by atoms with Gasteiger partial charge in [-0.3, -0.25) is 14.3 Å². The van der Waals surface area contributed by atoms with Gasteiger partial charge in [0, 0.05) is 12.3 Å². The van der Waals surface area contributed by atoms with Crippen LogP contribution in [0.1, 0.15) is 27.0 Å². The molecule has 0 radical (unpaired) electrons. The monoisotopic (exact) mass is 390 g/mol. The number of nitrogens with one attached hydrogen (secondary N) is 1. The Morgan fingerprint density at radius 3 is 2.38 bits per heavy atom. The van der Waals surface area contributed by atoms with E-state index in [-0.39, 0.29) is 5.04 Å². The van der Waals surface area contributed by atoms with Gasteiger partial charge in [0.25, 0.3) is 5.56 Å². The van der Waals surface area contributed by atoms with Crippen LogP contribution >= 0.6 is 0 Å². The molecule has 1 aromatic rings. The fourth-order valence-corrected chi connectivity index (χ4v) is 3.95. The number of nitrogens with zero attached hydrogens (tertiary/aromatic N) is 1. The quantitative estimate of drug-likeness (QED) is 0.632. The maximum Gasteiger partial charge on any atom is 0.330 e. The molecule has 1 aromatic heterocycles. The van der Waals surface area contributed by atoms with Crippen LogP contribution in [0.25, 0.3) is 0 Å². The Labute approximate surface area is 151 Å². The van der Waals surface area contributed by atoms with Gasteiger partial charge in [0.2, 0.25) is 0 Å². The van der Waals surface area contributed by atoms with E-state index < -0.39 is 56.9 Å². The summed E-state index contributed by atoms with van der Waals surface area (Å²) < 4.78 is 27.9. The van der Waals surface area contributed by atoms with Gasteiger partial charge in [-0.25, -0.2) is 9.18 Å². The van der Waals surface area contributed by atoms with Gasteiger partial charge in [0.05, 0.1) is 13.2 Å². The zero-order chi connectivity index (χ0) is 19.9. The Kier molecular flexibility index (Phi) is 5.65. The van der Waals surface area contributed by atoms with E-state index in [2.05, 4.69) is 0 Å². The Morgan fingerprint density at radius 2 is 1.92 bits per heavy atom. The van der Waals surface area contributed by atoms with Crippen LogP contribution in [0.5, 0.6) is 0 Å². The molecule has 0 bridgehead atoms. The van der Waals surface area contributed by atoms with Crippen molar-refractivity contribution in [3.8, 4) is 0 Å². The standard InChI is InChI=1S/C16H27FN2O6Si/c1-15(2,3)26(4,5)25-12-11(17)13(24-16(12,8-20)9-21)19-7-6-10(22)18-14(19)23/h6-7,11-13,20-21H,8-9H2,1-5H3,(H,18,22,23)/t11-,12+,13-/m1/s1. The summed E-state index contributed by atoms with van der Waals surface area (Å²) in [6.07, 6.45) is -3.41. The van der Waals surface area contributed by atoms with E-state index in [9.17, 15) is 19.8 Å². The lowest BCUT2D eigenvalue weighted by Gasteiger charge is -2.42. The minimum Gasteiger partial charge on any atom is -0.408 e. The Bertz CT molecular complexity index is 752. The molecule has 2 rings (SSSR count). The second-order valence-electron chi connectivity index (χ2n) is 8.15. The maximum absolute atomic E-state index is 15.3. The van der Waals surface area contributed by atoms with Crippen LogP contribution in [0.3, 0.4) is 0 Å². The van der Waals surface area contributed by atoms with Gasteiger partial charge in [-0.2, -0.15) is 0 Å². The molecule has 0 unspecified atom stereocenters. The lowest BCUT2D eigenvalue weighted by Crippen LogP contribution is -2.56. The molecule has 0 saturated carbocycles. The van der Waals surface area contributed by atoms with Crippen molar-refractivity contribution in [1.82, 2.24) is 9.55 Å². The van der Waals surface area contributed by atoms with Crippen LogP contribution in [0, 0.1) is 0 Å². The molecule has 3 N–H and O–H groups in total. The maximum atomic E-state index is 15.3. The van der Waals surface area contributed by atoms with Gasteiger partial charge in [-0.05, 0) is 18.1 Å². The summed E-state index contributed by atoms with van der Waals surface area (Å²) in [6, 6.07) is 1.07. The molecular formula is C16H27FN2O6Si. The fraction of sp³-hybridized carbons (Fsp3) is 0.750. The molecular weight excluding hydrogens is 363 g/mol. The SMILES string of the molecule is CC(C)(C)[Si](C)(C)O[C@H]1[C@@H](F)[C@H](n2ccc(=O)[nH]c2=O)OC1(CO)CO. The number of aliphatic hydroxyl groups excluding tert-OH is 2. The van der Waals surface area contributed by atoms with Crippen molar-refractivity contribution >= 4 is 8.32 Å². The largest absolute Gasteiger partial charge is 0.408 e. The third-order valence-corrected chi connectivity index (χ3v) is 9.78. The molecule has 1 fully saturated rings. The summed E-state index contributed by atoms with van der Waals surface area (Å²) in [5, 5.41) is 19.4. The fourth-order valence-electron chi connectivity index (χ4n) is 2.62. The van der Waals surface area contributed by atoms with Crippen molar-refractivity contribution in [3.63, 3.8) is 0 Å². The molecule has 26 heavy (non-hydrogen) atoms. The number of H-pyrrole nitrogens is 1. The predicted molar refractivity (Wildman–Crippen MR) is 95.3 cm³/mol. The van der Waals surface area contributed by atoms with Crippen LogP contribution in [0.15, 0.2) is 21.9 Å². The highest BCUT2D eigenvalue weighted by Crippen LogP contribution is 2.45. The highest BCUT2D eigenvalue weighted by molar-refractivity contribution is 6.74. The average molecular weight is 390 g/mol. The van der Waals surface area contributed by atoms with Gasteiger partial charge < -0.3 is 19.4 Å². The molecule has 0 amide bonds. The Balaban J connectivity index is 2.46. The van der Waals surface area contributed by atoms with Crippen LogP contribution in [0.2, 0.25) is 18.1 Å². The number of aliphatic hydroxyl groups is 2. The van der Waals surface area contributed by atoms with Crippen LogP contribution in [-0.2, 0) is 9.16 Å². The summed E-state index contributed by atoms with van der Waals surface area (Å²) in [6.45, 7) is 8.40. The van der Waals surface area contributed by atoms with E-state index in [0.29, 0.717) is 0 Å². The molecule has 1 aliphatic rings. The molecule has 0 aliphatic carbocycles. The zero-order valence-corrected chi connectivity index (χ0v) is 16.7. The topological polar surface area (TPSA) is 114 Å². The minimum absolute atomic E-state index is 0.240. The summed E-state index contributed by atoms with van der Waals surface area (Å²) in [5.41, 5.74) is -3.16. The zero-order valence-electron chi connectivity index (χ0n) is 15.7. The van der Waals surface area contributed by atoms with E-state index in [1.54, 1.807) is 0 Å². The van der Waals surface area contributed by atoms with E-state index in [1.165, 1.54) is 0 Å². The minimum atomic E-state index is -2.47. The second-order valence-corrected chi connectivity index (χ2v) is 12.9. The first-order chi connectivity index (χ1) is 11.9. The molecule has 1 aliphatic heterocycles. The summed E-state index contributed by atoms with van der Waals surface area (Å²) >= 11 is 0. The highest BCUT2D eigenvalue weighted by atomic mass is 28.4. The third-order valence-electron chi connectivity index (χ3n) is 5.32. The third kappa shape index (κ3) is 3.56. The van der Waals surface area contributed by atoms with Crippen LogP contribution < -0.4 is 11.2 Å². The number of rotatable bonds is 5. The summed E-state index contributed by atoms with van der Waals surface area (Å²) in [5.74, 6) is 0. The normalized spacial score (nSPS) is 26.2. The Hall–Kier alpha value is -1.33. The molecule has 8 nitrogen and oxygen atoms in total. The molecule has 3 atom stereocenters. The van der Waals surface area contributed by atoms with E-state index in [1.807, 2.05) is 38.8 Å². The number of aromatic nitrogens is 2. The van der Waals surface area contributed by atoms with Crippen molar-refractivity contribution in [3.05, 3.63) is 33.1 Å². The smallest absolute Gasteiger partial charge is 0.330 e. The van der Waals surface area contributed by atoms with Crippen LogP contribution in [0.4, 0.5) is 4.39 Å². The van der Waals surface area contributed by atoms with Crippen LogP contribution in [-0.4, -0.2) is 59.2 Å². The van der Waals surface area contributed by atoms with Gasteiger partial charge >= 0.3 is 5.69 Å². The number of hydrogen-bond donors (Lipinski definition) is 3. The van der Waals surface area contributed by atoms with Crippen molar-refractivity contribution in [1.29, 1.82) is 0 Å². The predicted octanol–water partition coefficient (Wildman–Crippen LogP) is 0.517. The number of hydrogen-bond acceptors (Lipinski definition) is 6. The van der Waals surface area contributed by atoms with Gasteiger partial charge in [-0.1, -0.05) is 20.8 Å². The summed E-state index contributed by atoms with van der Waals surface area (Å²) in [4.78, 5) is 25.3. The number of aromatic amines is 1. The summed E-state index contributed by atoms with van der Waals surface area (Å²) in [7, 11) is -2.47. The highest BCUT2D eigenvalue weighted by Gasteiger charge is 2.59. The lowest BCUT2D eigenvalue weighted by molar-refractivity contribution is -0.148. The van der Waals surface area contributed by atoms with Crippen molar-refractivity contribution < 1.29 is 23.8 Å². The number of ether oxygens (including phenoxy) is 1. The van der Waals surface area contributed by atoms with Crippen molar-refractivity contribution in [2.75, 3.05) is 13.2 Å². The first-order valence-corrected chi connectivity index (χ1v) is 11.3. The Morgan fingerprint density at radius 1 is 1.35 bits per heavy atom. The van der Waals surface area contributed by atoms with E-state index in [4.69, 9.17) is 9.16 Å². The molecule has 0 spiro atoms. The van der Waals surface area contributed by atoms with E-state index in [0.717, 1.165) is 16.8 Å². The second kappa shape index (κ2) is 7.00. The molecule has 0 aromatic carbocycles. The van der Waals surface area contributed by atoms with Gasteiger partial charge in [0.1, 0.15) is 11.7 Å². The van der Waals surface area contributed by atoms with Crippen molar-refractivity contribution in [2.24, 2.45) is 0 Å². The lowest BCUT2D eigenvalue weighted by atomic mass is 9.98. The molecule has 2 heterocycles. The van der Waals surface area contributed by atoms with E-state index >= 15 is 4.39 Å². The van der Waals surface area contributed by atoms with Gasteiger partial charge in [-0.15, -0.1) is 0 Å². The molecule has 10 heteroatoms. The molecule has 148 valence electrons. The van der Waals surface area contributed by atoms with Crippen molar-refractivity contribution in [2.45, 2.75) is 63.0 Å². The molecule has 1 saturated heterocycles. The average Bonchev–Trinajstić information content (AvgIpc) is 2.80. The first-order valence-electron chi connectivity index (χ1n) is 8.41. The van der Waals surface area contributed by atoms with Gasteiger partial charge in [0.15, 0.2) is 20.7 Å².